The van der Waals surface area contributed by atoms with Crippen LogP contribution in [0, 0.1) is 0 Å². The van der Waals surface area contributed by atoms with Crippen LogP contribution in [0.15, 0.2) is 29.0 Å². The Hall–Kier alpha value is -1.16. The van der Waals surface area contributed by atoms with Gasteiger partial charge in [-0.2, -0.15) is 0 Å². The normalized spacial score (nSPS) is 17.3. The molecule has 100 valence electrons. The van der Waals surface area contributed by atoms with Gasteiger partial charge < -0.3 is 5.32 Å². The SMILES string of the molecule is Brc1cccc2c(NC3CCCCCC3)ncnc12. The molecule has 1 aliphatic carbocycles. The first-order valence-corrected chi connectivity index (χ1v) is 7.79. The molecule has 0 saturated heterocycles. The van der Waals surface area contributed by atoms with Crippen LogP contribution in [-0.2, 0) is 0 Å². The van der Waals surface area contributed by atoms with E-state index in [1.807, 2.05) is 12.1 Å². The maximum atomic E-state index is 4.43. The quantitative estimate of drug-likeness (QED) is 0.826. The Morgan fingerprint density at radius 2 is 1.84 bits per heavy atom. The molecule has 4 heteroatoms. The minimum absolute atomic E-state index is 0.555. The summed E-state index contributed by atoms with van der Waals surface area (Å²) in [4.78, 5) is 8.78. The summed E-state index contributed by atoms with van der Waals surface area (Å²) in [6.45, 7) is 0. The number of rotatable bonds is 2. The van der Waals surface area contributed by atoms with Crippen LogP contribution in [0.3, 0.4) is 0 Å². The van der Waals surface area contributed by atoms with E-state index in [1.165, 1.54) is 38.5 Å². The van der Waals surface area contributed by atoms with E-state index in [-0.39, 0.29) is 0 Å². The molecule has 1 saturated carbocycles. The Bertz CT molecular complexity index is 562. The summed E-state index contributed by atoms with van der Waals surface area (Å²) < 4.78 is 1.02. The number of halogens is 1. The lowest BCUT2D eigenvalue weighted by Crippen LogP contribution is -2.19. The van der Waals surface area contributed by atoms with E-state index < -0.39 is 0 Å². The van der Waals surface area contributed by atoms with E-state index in [9.17, 15) is 0 Å². The van der Waals surface area contributed by atoms with Gasteiger partial charge in [-0.25, -0.2) is 9.97 Å². The third-order valence-corrected chi connectivity index (χ3v) is 4.45. The van der Waals surface area contributed by atoms with Crippen molar-refractivity contribution < 1.29 is 0 Å². The third-order valence-electron chi connectivity index (χ3n) is 3.81. The Morgan fingerprint density at radius 1 is 1.05 bits per heavy atom. The topological polar surface area (TPSA) is 37.8 Å². The van der Waals surface area contributed by atoms with Crippen LogP contribution in [0.1, 0.15) is 38.5 Å². The molecule has 3 rings (SSSR count). The van der Waals surface area contributed by atoms with Gasteiger partial charge >= 0.3 is 0 Å². The van der Waals surface area contributed by atoms with Gasteiger partial charge in [-0.15, -0.1) is 0 Å². The Kier molecular flexibility index (Phi) is 3.97. The van der Waals surface area contributed by atoms with Crippen LogP contribution in [0.4, 0.5) is 5.82 Å². The van der Waals surface area contributed by atoms with Gasteiger partial charge in [0.05, 0.1) is 5.52 Å². The molecule has 0 bridgehead atoms. The van der Waals surface area contributed by atoms with Crippen molar-refractivity contribution in [2.75, 3.05) is 5.32 Å². The molecule has 2 aromatic rings. The molecule has 1 aliphatic rings. The number of nitrogens with one attached hydrogen (secondary N) is 1. The second-order valence-corrected chi connectivity index (χ2v) is 6.05. The molecule has 0 spiro atoms. The van der Waals surface area contributed by atoms with Crippen molar-refractivity contribution in [2.24, 2.45) is 0 Å². The van der Waals surface area contributed by atoms with Gasteiger partial charge in [-0.05, 0) is 40.9 Å². The van der Waals surface area contributed by atoms with Gasteiger partial charge in [-0.3, -0.25) is 0 Å². The smallest absolute Gasteiger partial charge is 0.137 e. The first-order chi connectivity index (χ1) is 9.34. The maximum absolute atomic E-state index is 4.43. The van der Waals surface area contributed by atoms with Gasteiger partial charge in [0.2, 0.25) is 0 Å². The van der Waals surface area contributed by atoms with Crippen LogP contribution in [-0.4, -0.2) is 16.0 Å². The fourth-order valence-electron chi connectivity index (χ4n) is 2.78. The summed E-state index contributed by atoms with van der Waals surface area (Å²) in [5, 5.41) is 4.72. The molecule has 1 aromatic carbocycles. The molecule has 0 radical (unpaired) electrons. The number of hydrogen-bond donors (Lipinski definition) is 1. The minimum atomic E-state index is 0.555. The molecule has 1 N–H and O–H groups in total. The van der Waals surface area contributed by atoms with E-state index in [0.717, 1.165) is 21.2 Å². The molecule has 0 atom stereocenters. The van der Waals surface area contributed by atoms with Gasteiger partial charge in [0.15, 0.2) is 0 Å². The molecule has 1 aromatic heterocycles. The monoisotopic (exact) mass is 319 g/mol. The second-order valence-electron chi connectivity index (χ2n) is 5.19. The molecule has 0 aliphatic heterocycles. The average Bonchev–Trinajstić information content (AvgIpc) is 2.69. The van der Waals surface area contributed by atoms with Crippen molar-refractivity contribution in [3.8, 4) is 0 Å². The number of hydrogen-bond acceptors (Lipinski definition) is 3. The van der Waals surface area contributed by atoms with Crippen molar-refractivity contribution in [1.82, 2.24) is 9.97 Å². The van der Waals surface area contributed by atoms with Crippen molar-refractivity contribution in [2.45, 2.75) is 44.6 Å². The fourth-order valence-corrected chi connectivity index (χ4v) is 3.25. The highest BCUT2D eigenvalue weighted by atomic mass is 79.9. The van der Waals surface area contributed by atoms with Gasteiger partial charge in [-0.1, -0.05) is 31.7 Å². The maximum Gasteiger partial charge on any atom is 0.137 e. The number of fused-ring (bicyclic) bond motifs is 1. The number of benzene rings is 1. The molecule has 0 unspecified atom stereocenters. The van der Waals surface area contributed by atoms with E-state index >= 15 is 0 Å². The lowest BCUT2D eigenvalue weighted by atomic mass is 10.1. The Balaban J connectivity index is 1.90. The first kappa shape index (κ1) is 12.9. The zero-order chi connectivity index (χ0) is 13.1. The summed E-state index contributed by atoms with van der Waals surface area (Å²) in [6, 6.07) is 6.69. The van der Waals surface area contributed by atoms with Crippen LogP contribution >= 0.6 is 15.9 Å². The molecule has 19 heavy (non-hydrogen) atoms. The summed E-state index contributed by atoms with van der Waals surface area (Å²) in [6.07, 6.45) is 9.53. The van der Waals surface area contributed by atoms with E-state index in [0.29, 0.717) is 6.04 Å². The lowest BCUT2D eigenvalue weighted by Gasteiger charge is -2.18. The summed E-state index contributed by atoms with van der Waals surface area (Å²) in [7, 11) is 0. The first-order valence-electron chi connectivity index (χ1n) is 7.00. The van der Waals surface area contributed by atoms with Crippen molar-refractivity contribution in [3.05, 3.63) is 29.0 Å². The number of nitrogens with zero attached hydrogens (tertiary/aromatic N) is 2. The van der Waals surface area contributed by atoms with Crippen LogP contribution in [0.25, 0.3) is 10.9 Å². The zero-order valence-corrected chi connectivity index (χ0v) is 12.5. The van der Waals surface area contributed by atoms with Gasteiger partial charge in [0.1, 0.15) is 12.1 Å². The zero-order valence-electron chi connectivity index (χ0n) is 10.9. The summed E-state index contributed by atoms with van der Waals surface area (Å²) in [5.74, 6) is 0.971. The molecule has 1 heterocycles. The van der Waals surface area contributed by atoms with E-state index in [4.69, 9.17) is 0 Å². The highest BCUT2D eigenvalue weighted by Gasteiger charge is 2.14. The van der Waals surface area contributed by atoms with Crippen LogP contribution < -0.4 is 5.32 Å². The number of anilines is 1. The van der Waals surface area contributed by atoms with Crippen LogP contribution in [0.5, 0.6) is 0 Å². The molecule has 0 amide bonds. The molecular formula is C15H18BrN3. The van der Waals surface area contributed by atoms with Crippen molar-refractivity contribution in [3.63, 3.8) is 0 Å². The number of aromatic nitrogens is 2. The fraction of sp³-hybridized carbons (Fsp3) is 0.467. The van der Waals surface area contributed by atoms with E-state index in [2.05, 4.69) is 37.3 Å². The highest BCUT2D eigenvalue weighted by molar-refractivity contribution is 9.10. The number of para-hydroxylation sites is 1. The predicted octanol–water partition coefficient (Wildman–Crippen LogP) is 4.53. The second kappa shape index (κ2) is 5.87. The third kappa shape index (κ3) is 2.89. The molecule has 3 nitrogen and oxygen atoms in total. The average molecular weight is 320 g/mol. The predicted molar refractivity (Wildman–Crippen MR) is 82.4 cm³/mol. The Labute approximate surface area is 122 Å². The summed E-state index contributed by atoms with van der Waals surface area (Å²) >= 11 is 3.55. The molecular weight excluding hydrogens is 302 g/mol. The highest BCUT2D eigenvalue weighted by Crippen LogP contribution is 2.28. The largest absolute Gasteiger partial charge is 0.367 e. The van der Waals surface area contributed by atoms with Gasteiger partial charge in [0.25, 0.3) is 0 Å². The van der Waals surface area contributed by atoms with Gasteiger partial charge in [0, 0.05) is 15.9 Å². The van der Waals surface area contributed by atoms with E-state index in [1.54, 1.807) is 6.33 Å². The summed E-state index contributed by atoms with van der Waals surface area (Å²) in [5.41, 5.74) is 0.980. The lowest BCUT2D eigenvalue weighted by molar-refractivity contribution is 0.618. The molecule has 1 fully saturated rings. The van der Waals surface area contributed by atoms with Crippen LogP contribution in [0.2, 0.25) is 0 Å². The standard InChI is InChI=1S/C15H18BrN3/c16-13-9-5-8-12-14(13)17-10-18-15(12)19-11-6-3-1-2-4-7-11/h5,8-11H,1-4,6-7H2,(H,17,18,19). The minimum Gasteiger partial charge on any atom is -0.367 e. The van der Waals surface area contributed by atoms with Crippen molar-refractivity contribution in [1.29, 1.82) is 0 Å². The Morgan fingerprint density at radius 3 is 2.63 bits per heavy atom. The van der Waals surface area contributed by atoms with Crippen molar-refractivity contribution >= 4 is 32.7 Å².